The van der Waals surface area contributed by atoms with Crippen molar-refractivity contribution in [1.29, 1.82) is 0 Å². The van der Waals surface area contributed by atoms with Crippen molar-refractivity contribution in [1.82, 2.24) is 20.9 Å². The lowest BCUT2D eigenvalue weighted by Crippen LogP contribution is -2.37. The smallest absolute Gasteiger partial charge is 0.315 e. The van der Waals surface area contributed by atoms with Crippen LogP contribution in [0.15, 0.2) is 48.5 Å². The van der Waals surface area contributed by atoms with E-state index in [1.807, 2.05) is 60.3 Å². The first-order valence-electron chi connectivity index (χ1n) is 24.3. The summed E-state index contributed by atoms with van der Waals surface area (Å²) in [6.07, 6.45) is 3.10. The van der Waals surface area contributed by atoms with E-state index in [0.717, 1.165) is 47.4 Å². The molecular weight excluding hydrogens is 927 g/mol. The highest BCUT2D eigenvalue weighted by atomic mass is 32.2. The van der Waals surface area contributed by atoms with Crippen LogP contribution in [0.2, 0.25) is 0 Å². The number of urea groups is 1. The Kier molecular flexibility index (Phi) is 27.0. The molecule has 3 aliphatic rings. The summed E-state index contributed by atoms with van der Waals surface area (Å²) < 4.78 is 44.5. The summed E-state index contributed by atoms with van der Waals surface area (Å²) in [6.45, 7) is 7.13. The third-order valence-electron chi connectivity index (χ3n) is 11.4. The van der Waals surface area contributed by atoms with Gasteiger partial charge in [0.25, 0.3) is 0 Å². The molecule has 0 aliphatic carbocycles. The summed E-state index contributed by atoms with van der Waals surface area (Å²) >= 11 is 1.87. The summed E-state index contributed by atoms with van der Waals surface area (Å²) in [5, 5.41) is 17.8. The van der Waals surface area contributed by atoms with Gasteiger partial charge in [-0.3, -0.25) is 19.2 Å². The van der Waals surface area contributed by atoms with Gasteiger partial charge >= 0.3 is 12.0 Å². The van der Waals surface area contributed by atoms with Crippen molar-refractivity contribution in [2.45, 2.75) is 68.8 Å². The predicted octanol–water partition coefficient (Wildman–Crippen LogP) is 2.99. The number of aliphatic carboxylic acids is 1. The van der Waals surface area contributed by atoms with Crippen LogP contribution in [0.4, 0.5) is 10.5 Å². The van der Waals surface area contributed by atoms with Crippen molar-refractivity contribution >= 4 is 47.2 Å². The largest absolute Gasteiger partial charge is 0.481 e. The molecule has 2 aromatic carbocycles. The van der Waals surface area contributed by atoms with Crippen molar-refractivity contribution in [3.63, 3.8) is 0 Å². The normalized spacial score (nSPS) is 16.7. The number of nitrogens with zero attached hydrogens (tertiary/aromatic N) is 2. The number of hydrogen-bond donors (Lipinski definition) is 4. The van der Waals surface area contributed by atoms with Crippen LogP contribution in [0.3, 0.4) is 0 Å². The van der Waals surface area contributed by atoms with Gasteiger partial charge in [0.15, 0.2) is 0 Å². The van der Waals surface area contributed by atoms with Gasteiger partial charge in [-0.15, -0.1) is 0 Å². The number of carbonyl (C=O) groups excluding carboxylic acids is 4. The molecule has 0 radical (unpaired) electrons. The van der Waals surface area contributed by atoms with E-state index < -0.39 is 5.97 Å². The molecule has 2 fully saturated rings. The average molecular weight is 998 g/mol. The Bertz CT molecular complexity index is 1970. The van der Waals surface area contributed by atoms with Gasteiger partial charge < -0.3 is 68.8 Å². The number of carbonyl (C=O) groups is 5. The fourth-order valence-corrected chi connectivity index (χ4v) is 9.27. The molecule has 0 spiro atoms. The molecule has 19 nitrogen and oxygen atoms in total. The first-order valence-corrected chi connectivity index (χ1v) is 25.4. The van der Waals surface area contributed by atoms with Crippen LogP contribution in [0.1, 0.15) is 61.6 Å². The Morgan fingerprint density at radius 3 is 1.86 bits per heavy atom. The van der Waals surface area contributed by atoms with Gasteiger partial charge in [-0.1, -0.05) is 48.6 Å². The van der Waals surface area contributed by atoms with Crippen LogP contribution in [-0.2, 0) is 63.6 Å². The molecule has 0 aromatic heterocycles. The average Bonchev–Trinajstić information content (AvgIpc) is 3.91. The quantitative estimate of drug-likeness (QED) is 0.0432. The number of ether oxygens (including phenoxy) is 8. The SMILES string of the molecule is O=C(O)CCOCCOCCOCCOCCN(CCOCCOCCOCCOCCNC(=O)CCC(=O)N1Cc2ccccc2C#Cc2ccccc21)C(=O)CCCC[C@@H]1SC[C@@H]2NC(=O)N[C@@H]21. The summed E-state index contributed by atoms with van der Waals surface area (Å²) in [5.41, 5.74) is 3.35. The third kappa shape index (κ3) is 21.7. The number of rotatable bonds is 38. The zero-order valence-electron chi connectivity index (χ0n) is 40.2. The maximum atomic E-state index is 13.4. The molecule has 5 amide bonds. The van der Waals surface area contributed by atoms with E-state index in [4.69, 9.17) is 43.0 Å². The van der Waals surface area contributed by atoms with Gasteiger partial charge in [0.2, 0.25) is 17.7 Å². The molecule has 2 aromatic rings. The molecule has 5 rings (SSSR count). The fourth-order valence-electron chi connectivity index (χ4n) is 7.73. The molecular formula is C50H71N5O14S. The molecule has 386 valence electrons. The van der Waals surface area contributed by atoms with E-state index >= 15 is 0 Å². The van der Waals surface area contributed by atoms with Crippen LogP contribution in [0, 0.1) is 11.8 Å². The molecule has 2 saturated heterocycles. The highest BCUT2D eigenvalue weighted by molar-refractivity contribution is 8.00. The van der Waals surface area contributed by atoms with Crippen LogP contribution in [-0.4, -0.2) is 188 Å². The van der Waals surface area contributed by atoms with Gasteiger partial charge in [0.05, 0.1) is 136 Å². The first kappa shape index (κ1) is 56.1. The van der Waals surface area contributed by atoms with Crippen LogP contribution >= 0.6 is 11.8 Å². The van der Waals surface area contributed by atoms with E-state index in [1.54, 1.807) is 9.80 Å². The van der Waals surface area contributed by atoms with Crippen LogP contribution in [0.25, 0.3) is 0 Å². The molecule has 0 unspecified atom stereocenters. The topological polar surface area (TPSA) is 222 Å². The number of thioether (sulfide) groups is 1. The first-order chi connectivity index (χ1) is 34.3. The number of benzene rings is 2. The summed E-state index contributed by atoms with van der Waals surface area (Å²) in [5.74, 6) is 6.08. The van der Waals surface area contributed by atoms with Crippen molar-refractivity contribution in [2.75, 3.05) is 136 Å². The van der Waals surface area contributed by atoms with Crippen molar-refractivity contribution in [3.05, 3.63) is 65.2 Å². The number of anilines is 1. The predicted molar refractivity (Wildman–Crippen MR) is 262 cm³/mol. The molecule has 0 bridgehead atoms. The van der Waals surface area contributed by atoms with Crippen molar-refractivity contribution in [3.8, 4) is 11.8 Å². The maximum Gasteiger partial charge on any atom is 0.315 e. The van der Waals surface area contributed by atoms with Gasteiger partial charge in [-0.05, 0) is 36.6 Å². The lowest BCUT2D eigenvalue weighted by Gasteiger charge is -2.26. The molecule has 0 saturated carbocycles. The number of para-hydroxylation sites is 1. The van der Waals surface area contributed by atoms with Crippen molar-refractivity contribution < 1.29 is 67.0 Å². The van der Waals surface area contributed by atoms with E-state index in [9.17, 15) is 24.0 Å². The molecule has 3 aliphatic heterocycles. The summed E-state index contributed by atoms with van der Waals surface area (Å²) in [7, 11) is 0. The summed E-state index contributed by atoms with van der Waals surface area (Å²) in [4.78, 5) is 64.9. The van der Waals surface area contributed by atoms with Gasteiger partial charge in [-0.25, -0.2) is 4.79 Å². The molecule has 4 N–H and O–H groups in total. The zero-order chi connectivity index (χ0) is 49.4. The van der Waals surface area contributed by atoms with E-state index in [-0.39, 0.29) is 61.7 Å². The van der Waals surface area contributed by atoms with Gasteiger partial charge in [0, 0.05) is 61.0 Å². The summed E-state index contributed by atoms with van der Waals surface area (Å²) in [6, 6.07) is 15.6. The number of fused-ring (bicyclic) bond motifs is 3. The fraction of sp³-hybridized carbons (Fsp3) is 0.620. The number of carboxylic acid groups (broad SMARTS) is 1. The third-order valence-corrected chi connectivity index (χ3v) is 12.9. The van der Waals surface area contributed by atoms with Crippen LogP contribution < -0.4 is 20.9 Å². The Morgan fingerprint density at radius 2 is 1.21 bits per heavy atom. The van der Waals surface area contributed by atoms with Crippen molar-refractivity contribution in [2.24, 2.45) is 0 Å². The maximum absolute atomic E-state index is 13.4. The van der Waals surface area contributed by atoms with Crippen LogP contribution in [0.5, 0.6) is 0 Å². The minimum atomic E-state index is -0.899. The monoisotopic (exact) mass is 997 g/mol. The molecule has 20 heteroatoms. The number of hydrogen-bond acceptors (Lipinski definition) is 14. The van der Waals surface area contributed by atoms with E-state index in [1.165, 1.54) is 0 Å². The second-order valence-corrected chi connectivity index (χ2v) is 17.8. The zero-order valence-corrected chi connectivity index (χ0v) is 41.0. The number of carboxylic acids is 1. The Balaban J connectivity index is 0.850. The number of unbranched alkanes of at least 4 members (excludes halogenated alkanes) is 1. The van der Waals surface area contributed by atoms with E-state index in [0.29, 0.717) is 137 Å². The number of amides is 5. The Labute approximate surface area is 415 Å². The highest BCUT2D eigenvalue weighted by Crippen LogP contribution is 2.33. The van der Waals surface area contributed by atoms with Gasteiger partial charge in [0.1, 0.15) is 0 Å². The minimum absolute atomic E-state index is 0.0366. The second-order valence-electron chi connectivity index (χ2n) is 16.5. The Hall–Kier alpha value is -4.82. The van der Waals surface area contributed by atoms with Gasteiger partial charge in [-0.2, -0.15) is 11.8 Å². The Morgan fingerprint density at radius 1 is 0.657 bits per heavy atom. The lowest BCUT2D eigenvalue weighted by atomic mass is 10.0. The highest BCUT2D eigenvalue weighted by Gasteiger charge is 2.42. The molecule has 3 atom stereocenters. The standard InChI is InChI=1S/C50H71N5O14S/c56-45(15-16-47(58)55-37-41-9-2-1-7-39(41)13-14-40-8-3-4-10-43(40)55)51-18-22-63-26-30-67-34-36-69-32-28-65-24-20-54(19-23-64-27-31-68-35-33-66-29-25-62-21-17-48(59)60)46(57)12-6-5-11-44-49-42(38-70-44)52-50(61)53-49/h1-4,7-10,42,44,49H,5-6,11-12,15-38H2,(H,51,56)(H,59,60)(H2,52,53,61)/t42-,44-,49-/m0/s1. The minimum Gasteiger partial charge on any atom is -0.481 e. The second kappa shape index (κ2) is 33.7. The lowest BCUT2D eigenvalue weighted by molar-refractivity contribution is -0.138. The molecule has 70 heavy (non-hydrogen) atoms. The molecule has 3 heterocycles. The number of nitrogens with one attached hydrogen (secondary N) is 3. The van der Waals surface area contributed by atoms with E-state index in [2.05, 4.69) is 27.8 Å².